The largest absolute Gasteiger partial charge is 0.379 e. The van der Waals surface area contributed by atoms with Crippen LogP contribution in [0, 0.1) is 0 Å². The van der Waals surface area contributed by atoms with E-state index in [0.29, 0.717) is 6.04 Å². The van der Waals surface area contributed by atoms with Gasteiger partial charge in [-0.15, -0.1) is 11.3 Å². The quantitative estimate of drug-likeness (QED) is 0.763. The third-order valence-electron chi connectivity index (χ3n) is 4.32. The molecule has 4 rings (SSSR count). The van der Waals surface area contributed by atoms with E-state index in [1.54, 1.807) is 24.0 Å². The normalized spacial score (nSPS) is 17.2. The Hall–Kier alpha value is -2.03. The average molecular weight is 344 g/mol. The minimum atomic E-state index is 0.308. The topological polar surface area (TPSA) is 68.1 Å². The molecule has 3 aromatic heterocycles. The molecule has 7 nitrogen and oxygen atoms in total. The number of anilines is 1. The van der Waals surface area contributed by atoms with Gasteiger partial charge in [0.25, 0.3) is 0 Å². The maximum atomic E-state index is 5.50. The molecule has 0 amide bonds. The van der Waals surface area contributed by atoms with E-state index < -0.39 is 0 Å². The van der Waals surface area contributed by atoms with E-state index in [4.69, 9.17) is 4.74 Å². The number of nitrogens with one attached hydrogen (secondary N) is 1. The van der Waals surface area contributed by atoms with E-state index in [1.165, 1.54) is 4.88 Å². The minimum absolute atomic E-state index is 0.308. The zero-order valence-electron chi connectivity index (χ0n) is 13.6. The van der Waals surface area contributed by atoms with Crippen molar-refractivity contribution < 1.29 is 4.74 Å². The first kappa shape index (κ1) is 15.5. The van der Waals surface area contributed by atoms with Crippen LogP contribution in [-0.4, -0.2) is 57.3 Å². The summed E-state index contributed by atoms with van der Waals surface area (Å²) in [6.07, 6.45) is 3.35. The second-order valence-electron chi connectivity index (χ2n) is 5.81. The predicted molar refractivity (Wildman–Crippen MR) is 94.2 cm³/mol. The van der Waals surface area contributed by atoms with Gasteiger partial charge in [0.1, 0.15) is 11.8 Å². The Bertz CT molecular complexity index is 796. The highest BCUT2D eigenvalue weighted by Crippen LogP contribution is 2.27. The van der Waals surface area contributed by atoms with Gasteiger partial charge in [-0.1, -0.05) is 6.07 Å². The lowest BCUT2D eigenvalue weighted by Gasteiger charge is -2.34. The average Bonchev–Trinajstić information content (AvgIpc) is 3.27. The van der Waals surface area contributed by atoms with E-state index in [1.807, 2.05) is 11.6 Å². The van der Waals surface area contributed by atoms with Gasteiger partial charge in [0.05, 0.1) is 25.6 Å². The molecule has 0 radical (unpaired) electrons. The van der Waals surface area contributed by atoms with Crippen LogP contribution in [0.2, 0.25) is 0 Å². The molecule has 0 saturated carbocycles. The van der Waals surface area contributed by atoms with Crippen molar-refractivity contribution in [3.63, 3.8) is 0 Å². The number of hydrogen-bond acceptors (Lipinski definition) is 7. The van der Waals surface area contributed by atoms with E-state index in [-0.39, 0.29) is 0 Å². The molecule has 1 saturated heterocycles. The summed E-state index contributed by atoms with van der Waals surface area (Å²) in [4.78, 5) is 16.9. The molecule has 1 N–H and O–H groups in total. The van der Waals surface area contributed by atoms with Gasteiger partial charge in [-0.2, -0.15) is 0 Å². The monoisotopic (exact) mass is 344 g/mol. The number of fused-ring (bicyclic) bond motifs is 1. The van der Waals surface area contributed by atoms with Gasteiger partial charge in [0.15, 0.2) is 11.5 Å². The number of hydrogen-bond donors (Lipinski definition) is 1. The van der Waals surface area contributed by atoms with Crippen molar-refractivity contribution in [3.8, 4) is 0 Å². The molecule has 1 atom stereocenters. The van der Waals surface area contributed by atoms with E-state index >= 15 is 0 Å². The van der Waals surface area contributed by atoms with Crippen LogP contribution in [-0.2, 0) is 11.8 Å². The van der Waals surface area contributed by atoms with Crippen LogP contribution in [0.25, 0.3) is 11.2 Å². The molecule has 4 heterocycles. The SMILES string of the molecule is Cn1cnc2c(NCC(c3cccs3)N3CCOCC3)ncnc21. The van der Waals surface area contributed by atoms with Crippen molar-refractivity contribution in [2.45, 2.75) is 6.04 Å². The second-order valence-corrected chi connectivity index (χ2v) is 6.79. The molecule has 1 aliphatic rings. The summed E-state index contributed by atoms with van der Waals surface area (Å²) in [6.45, 7) is 4.27. The number of thiophene rings is 1. The zero-order valence-corrected chi connectivity index (χ0v) is 14.4. The summed E-state index contributed by atoms with van der Waals surface area (Å²) < 4.78 is 7.40. The molecule has 126 valence electrons. The summed E-state index contributed by atoms with van der Waals surface area (Å²) in [5.74, 6) is 0.787. The van der Waals surface area contributed by atoms with Crippen molar-refractivity contribution in [3.05, 3.63) is 35.0 Å². The van der Waals surface area contributed by atoms with Gasteiger partial charge in [-0.3, -0.25) is 4.90 Å². The van der Waals surface area contributed by atoms with Crippen LogP contribution in [0.15, 0.2) is 30.2 Å². The second kappa shape index (κ2) is 6.84. The predicted octanol–water partition coefficient (Wildman–Crippen LogP) is 1.91. The molecule has 3 aromatic rings. The lowest BCUT2D eigenvalue weighted by Crippen LogP contribution is -2.41. The van der Waals surface area contributed by atoms with E-state index in [9.17, 15) is 0 Å². The van der Waals surface area contributed by atoms with Crippen molar-refractivity contribution in [2.75, 3.05) is 38.2 Å². The zero-order chi connectivity index (χ0) is 16.4. The lowest BCUT2D eigenvalue weighted by molar-refractivity contribution is 0.0194. The van der Waals surface area contributed by atoms with Gasteiger partial charge < -0.3 is 14.6 Å². The summed E-state index contributed by atoms with van der Waals surface area (Å²) in [6, 6.07) is 4.61. The molecule has 1 aliphatic heterocycles. The Labute approximate surface area is 144 Å². The Morgan fingerprint density at radius 2 is 2.17 bits per heavy atom. The highest BCUT2D eigenvalue weighted by Gasteiger charge is 2.23. The molecular weight excluding hydrogens is 324 g/mol. The van der Waals surface area contributed by atoms with Gasteiger partial charge in [0.2, 0.25) is 0 Å². The minimum Gasteiger partial charge on any atom is -0.379 e. The number of nitrogens with zero attached hydrogens (tertiary/aromatic N) is 5. The van der Waals surface area contributed by atoms with Crippen molar-refractivity contribution >= 4 is 28.3 Å². The lowest BCUT2D eigenvalue weighted by atomic mass is 10.2. The Morgan fingerprint density at radius 3 is 2.96 bits per heavy atom. The summed E-state index contributed by atoms with van der Waals surface area (Å²) in [5.41, 5.74) is 1.65. The number of rotatable bonds is 5. The van der Waals surface area contributed by atoms with Crippen LogP contribution in [0.1, 0.15) is 10.9 Å². The van der Waals surface area contributed by atoms with E-state index in [0.717, 1.165) is 49.8 Å². The molecule has 8 heteroatoms. The molecule has 1 unspecified atom stereocenters. The van der Waals surface area contributed by atoms with Gasteiger partial charge >= 0.3 is 0 Å². The Morgan fingerprint density at radius 1 is 1.29 bits per heavy atom. The van der Waals surface area contributed by atoms with Crippen LogP contribution in [0.4, 0.5) is 5.82 Å². The maximum absolute atomic E-state index is 5.50. The molecule has 0 bridgehead atoms. The fraction of sp³-hybridized carbons (Fsp3) is 0.438. The summed E-state index contributed by atoms with van der Waals surface area (Å²) in [7, 11) is 1.94. The Kier molecular flexibility index (Phi) is 4.42. The third kappa shape index (κ3) is 3.00. The maximum Gasteiger partial charge on any atom is 0.165 e. The van der Waals surface area contributed by atoms with Gasteiger partial charge in [-0.25, -0.2) is 15.0 Å². The van der Waals surface area contributed by atoms with Crippen molar-refractivity contribution in [1.82, 2.24) is 24.4 Å². The summed E-state index contributed by atoms with van der Waals surface area (Å²) in [5, 5.41) is 5.61. The molecule has 0 aliphatic carbocycles. The van der Waals surface area contributed by atoms with Crippen LogP contribution < -0.4 is 5.32 Å². The standard InChI is InChI=1S/C16H20N6OS/c1-21-11-20-14-15(18-10-19-16(14)21)17-9-12(13-3-2-8-24-13)22-4-6-23-7-5-22/h2-3,8,10-12H,4-7,9H2,1H3,(H,17,18,19). The highest BCUT2D eigenvalue weighted by molar-refractivity contribution is 7.10. The molecule has 0 spiro atoms. The van der Waals surface area contributed by atoms with Gasteiger partial charge in [0, 0.05) is 31.6 Å². The van der Waals surface area contributed by atoms with Crippen LogP contribution in [0.3, 0.4) is 0 Å². The smallest absolute Gasteiger partial charge is 0.165 e. The number of ether oxygens (including phenoxy) is 1. The fourth-order valence-electron chi connectivity index (χ4n) is 3.05. The molecular formula is C16H20N6OS. The highest BCUT2D eigenvalue weighted by atomic mass is 32.1. The third-order valence-corrected chi connectivity index (χ3v) is 5.29. The van der Waals surface area contributed by atoms with Crippen LogP contribution in [0.5, 0.6) is 0 Å². The van der Waals surface area contributed by atoms with Crippen LogP contribution >= 0.6 is 11.3 Å². The molecule has 1 fully saturated rings. The molecule has 24 heavy (non-hydrogen) atoms. The first-order valence-corrected chi connectivity index (χ1v) is 8.92. The van der Waals surface area contributed by atoms with E-state index in [2.05, 4.69) is 42.7 Å². The molecule has 0 aromatic carbocycles. The first-order valence-electron chi connectivity index (χ1n) is 8.04. The summed E-state index contributed by atoms with van der Waals surface area (Å²) >= 11 is 1.79. The number of imidazole rings is 1. The number of aromatic nitrogens is 4. The van der Waals surface area contributed by atoms with Gasteiger partial charge in [-0.05, 0) is 11.4 Å². The number of aryl methyl sites for hydroxylation is 1. The van der Waals surface area contributed by atoms with Crippen molar-refractivity contribution in [2.24, 2.45) is 7.05 Å². The Balaban J connectivity index is 1.56. The fourth-order valence-corrected chi connectivity index (χ4v) is 3.91. The van der Waals surface area contributed by atoms with Crippen molar-refractivity contribution in [1.29, 1.82) is 0 Å². The number of morpholine rings is 1. The first-order chi connectivity index (χ1) is 11.8.